The van der Waals surface area contributed by atoms with Gasteiger partial charge >= 0.3 is 0 Å². The lowest BCUT2D eigenvalue weighted by molar-refractivity contribution is -0.124. The van der Waals surface area contributed by atoms with Crippen molar-refractivity contribution in [2.75, 3.05) is 26.2 Å². The maximum atomic E-state index is 13.2. The van der Waals surface area contributed by atoms with Crippen LogP contribution in [0.3, 0.4) is 0 Å². The molecule has 0 aliphatic carbocycles. The maximum Gasteiger partial charge on any atom is 0.288 e. The smallest absolute Gasteiger partial charge is 0.288 e. The number of para-hydroxylation sites is 1. The molecule has 1 aliphatic rings. The highest BCUT2D eigenvalue weighted by Crippen LogP contribution is 2.30. The average Bonchev–Trinajstić information content (AvgIpc) is 3.07. The largest absolute Gasteiger partial charge is 0.354 e. The molecule has 1 saturated heterocycles. The van der Waals surface area contributed by atoms with Gasteiger partial charge in [-0.2, -0.15) is 5.10 Å². The predicted molar refractivity (Wildman–Crippen MR) is 124 cm³/mol. The molecule has 4 rings (SSSR count). The molecule has 1 aliphatic heterocycles. The molecular formula is C24H33N5O2. The van der Waals surface area contributed by atoms with Crippen molar-refractivity contribution in [2.24, 2.45) is 11.8 Å². The number of benzene rings is 1. The van der Waals surface area contributed by atoms with Gasteiger partial charge in [0, 0.05) is 30.4 Å². The van der Waals surface area contributed by atoms with Crippen LogP contribution in [0.15, 0.2) is 35.3 Å². The van der Waals surface area contributed by atoms with E-state index in [9.17, 15) is 9.59 Å². The Morgan fingerprint density at radius 1 is 1.23 bits per heavy atom. The van der Waals surface area contributed by atoms with E-state index in [1.807, 2.05) is 35.8 Å². The van der Waals surface area contributed by atoms with E-state index in [2.05, 4.69) is 34.3 Å². The normalized spacial score (nSPS) is 20.9. The maximum absolute atomic E-state index is 13.2. The summed E-state index contributed by atoms with van der Waals surface area (Å²) in [6.45, 7) is 10.6. The minimum atomic E-state index is -0.444. The average molecular weight is 424 g/mol. The number of nitrogens with one attached hydrogen (secondary N) is 2. The van der Waals surface area contributed by atoms with E-state index in [-0.39, 0.29) is 11.5 Å². The first kappa shape index (κ1) is 21.6. The summed E-state index contributed by atoms with van der Waals surface area (Å²) >= 11 is 0. The molecule has 3 aromatic rings. The van der Waals surface area contributed by atoms with E-state index < -0.39 is 6.04 Å². The molecule has 7 heteroatoms. The van der Waals surface area contributed by atoms with Gasteiger partial charge in [0.25, 0.3) is 5.56 Å². The zero-order valence-corrected chi connectivity index (χ0v) is 18.7. The van der Waals surface area contributed by atoms with Gasteiger partial charge in [-0.25, -0.2) is 5.10 Å². The summed E-state index contributed by atoms with van der Waals surface area (Å²) in [5.41, 5.74) is 1.12. The van der Waals surface area contributed by atoms with Crippen LogP contribution >= 0.6 is 0 Å². The van der Waals surface area contributed by atoms with Gasteiger partial charge in [0.2, 0.25) is 5.91 Å². The molecule has 0 spiro atoms. The Balaban J connectivity index is 1.49. The van der Waals surface area contributed by atoms with Gasteiger partial charge in [0.05, 0.1) is 11.7 Å². The van der Waals surface area contributed by atoms with Crippen molar-refractivity contribution in [1.29, 1.82) is 0 Å². The first-order chi connectivity index (χ1) is 15.0. The van der Waals surface area contributed by atoms with Gasteiger partial charge in [-0.15, -0.1) is 0 Å². The zero-order valence-electron chi connectivity index (χ0n) is 18.7. The van der Waals surface area contributed by atoms with Crippen LogP contribution in [0, 0.1) is 11.8 Å². The van der Waals surface area contributed by atoms with Crippen LogP contribution in [-0.4, -0.2) is 51.8 Å². The third-order valence-electron chi connectivity index (χ3n) is 6.42. The van der Waals surface area contributed by atoms with E-state index in [1.165, 1.54) is 6.42 Å². The summed E-state index contributed by atoms with van der Waals surface area (Å²) in [6, 6.07) is 7.37. The predicted octanol–water partition coefficient (Wildman–Crippen LogP) is 3.31. The number of amides is 1. The van der Waals surface area contributed by atoms with Crippen LogP contribution in [0.4, 0.5) is 0 Å². The van der Waals surface area contributed by atoms with Crippen LogP contribution in [0.25, 0.3) is 21.8 Å². The summed E-state index contributed by atoms with van der Waals surface area (Å²) in [6.07, 6.45) is 4.50. The Morgan fingerprint density at radius 3 is 2.71 bits per heavy atom. The highest BCUT2D eigenvalue weighted by atomic mass is 16.2. The molecule has 0 radical (unpaired) electrons. The van der Waals surface area contributed by atoms with Crippen molar-refractivity contribution in [1.82, 2.24) is 25.0 Å². The van der Waals surface area contributed by atoms with E-state index in [0.29, 0.717) is 18.5 Å². The number of carbonyl (C=O) groups is 1. The van der Waals surface area contributed by atoms with Crippen molar-refractivity contribution in [3.05, 3.63) is 40.8 Å². The van der Waals surface area contributed by atoms with Gasteiger partial charge in [-0.3, -0.25) is 9.59 Å². The molecule has 2 aromatic heterocycles. The number of aromatic nitrogens is 3. The van der Waals surface area contributed by atoms with Crippen molar-refractivity contribution >= 4 is 27.7 Å². The first-order valence-electron chi connectivity index (χ1n) is 11.5. The van der Waals surface area contributed by atoms with Gasteiger partial charge in [-0.1, -0.05) is 39.0 Å². The van der Waals surface area contributed by atoms with Crippen LogP contribution in [0.2, 0.25) is 0 Å². The highest BCUT2D eigenvalue weighted by Gasteiger charge is 2.25. The summed E-state index contributed by atoms with van der Waals surface area (Å²) < 4.78 is 1.88. The fourth-order valence-corrected chi connectivity index (χ4v) is 5.28. The molecular weight excluding hydrogens is 390 g/mol. The third kappa shape index (κ3) is 4.37. The number of H-pyrrole nitrogens is 1. The van der Waals surface area contributed by atoms with Gasteiger partial charge in [0.15, 0.2) is 0 Å². The lowest BCUT2D eigenvalue weighted by Gasteiger charge is -2.35. The topological polar surface area (TPSA) is 83.0 Å². The van der Waals surface area contributed by atoms with Crippen LogP contribution in [0.5, 0.6) is 0 Å². The standard InChI is InChI=1S/C24H33N5O2/c1-4-20(23(30)25-10-7-11-28-14-16(2)12-17(3)15-28)29-21-9-6-5-8-18(21)19-13-26-27-24(31)22(19)29/h5-6,8-9,13,16-17,20H,4,7,10-12,14-15H2,1-3H3,(H,25,30)(H,27,31)/t16-,17-,20+/m0/s1. The molecule has 31 heavy (non-hydrogen) atoms. The molecule has 0 unspecified atom stereocenters. The molecule has 0 bridgehead atoms. The molecule has 166 valence electrons. The van der Waals surface area contributed by atoms with E-state index in [0.717, 1.165) is 54.2 Å². The van der Waals surface area contributed by atoms with Crippen molar-refractivity contribution in [2.45, 2.75) is 46.1 Å². The third-order valence-corrected chi connectivity index (χ3v) is 6.42. The second-order valence-electron chi connectivity index (χ2n) is 9.12. The minimum absolute atomic E-state index is 0.0401. The SMILES string of the molecule is CC[C@H](C(=O)NCCCN1C[C@@H](C)C[C@H](C)C1)n1c2ccccc2c2cn[nH]c(=O)c21. The molecule has 3 atom stereocenters. The molecule has 1 fully saturated rings. The van der Waals surface area contributed by atoms with Gasteiger partial charge < -0.3 is 14.8 Å². The lowest BCUT2D eigenvalue weighted by atomic mass is 9.92. The summed E-state index contributed by atoms with van der Waals surface area (Å²) in [5.74, 6) is 1.44. The number of carbonyl (C=O) groups excluding carboxylic acids is 1. The van der Waals surface area contributed by atoms with Crippen molar-refractivity contribution in [3.8, 4) is 0 Å². The molecule has 2 N–H and O–H groups in total. The number of hydrogen-bond donors (Lipinski definition) is 2. The van der Waals surface area contributed by atoms with Crippen molar-refractivity contribution < 1.29 is 4.79 Å². The molecule has 0 saturated carbocycles. The van der Waals surface area contributed by atoms with Crippen LogP contribution < -0.4 is 10.9 Å². The van der Waals surface area contributed by atoms with Crippen LogP contribution in [-0.2, 0) is 4.79 Å². The summed E-state index contributed by atoms with van der Waals surface area (Å²) in [4.78, 5) is 28.3. The number of piperidine rings is 1. The van der Waals surface area contributed by atoms with E-state index in [1.54, 1.807) is 6.20 Å². The Morgan fingerprint density at radius 2 is 1.97 bits per heavy atom. The number of hydrogen-bond acceptors (Lipinski definition) is 4. The van der Waals surface area contributed by atoms with Crippen molar-refractivity contribution in [3.63, 3.8) is 0 Å². The Kier molecular flexibility index (Phi) is 6.41. The number of nitrogens with zero attached hydrogens (tertiary/aromatic N) is 3. The molecule has 1 amide bonds. The number of likely N-dealkylation sites (tertiary alicyclic amines) is 1. The summed E-state index contributed by atoms with van der Waals surface area (Å²) in [7, 11) is 0. The van der Waals surface area contributed by atoms with E-state index >= 15 is 0 Å². The summed E-state index contributed by atoms with van der Waals surface area (Å²) in [5, 5.41) is 11.3. The quantitative estimate of drug-likeness (QED) is 0.571. The minimum Gasteiger partial charge on any atom is -0.354 e. The fraction of sp³-hybridized carbons (Fsp3) is 0.542. The second kappa shape index (κ2) is 9.22. The van der Waals surface area contributed by atoms with Gasteiger partial charge in [-0.05, 0) is 43.7 Å². The number of rotatable bonds is 7. The first-order valence-corrected chi connectivity index (χ1v) is 11.5. The Bertz CT molecular complexity index is 1110. The number of aromatic amines is 1. The highest BCUT2D eigenvalue weighted by molar-refractivity contribution is 6.08. The zero-order chi connectivity index (χ0) is 22.0. The monoisotopic (exact) mass is 423 g/mol. The van der Waals surface area contributed by atoms with Gasteiger partial charge in [0.1, 0.15) is 11.6 Å². The Labute approximate surface area is 182 Å². The van der Waals surface area contributed by atoms with Crippen LogP contribution in [0.1, 0.15) is 46.1 Å². The molecule has 1 aromatic carbocycles. The molecule has 7 nitrogen and oxygen atoms in total. The number of fused-ring (bicyclic) bond motifs is 3. The molecule has 3 heterocycles. The lowest BCUT2D eigenvalue weighted by Crippen LogP contribution is -2.40. The fourth-order valence-electron chi connectivity index (χ4n) is 5.28. The van der Waals surface area contributed by atoms with E-state index in [4.69, 9.17) is 0 Å². The Hall–Kier alpha value is -2.67. The second-order valence-corrected chi connectivity index (χ2v) is 9.12.